The van der Waals surface area contributed by atoms with Crippen LogP contribution in [0.1, 0.15) is 48.6 Å². The lowest BCUT2D eigenvalue weighted by molar-refractivity contribution is -0.118. The Morgan fingerprint density at radius 3 is 2.79 bits per heavy atom. The standard InChI is InChI=1S/C20H27N5O2.ClH/c1-25-20(23-19(24-25)15-8-10-21-11-9-15)22-18(26)13-27-17-7-6-14-4-2-3-5-16(14)12-17;/h6-7,12,15,21H,2-5,8-11,13H2,1H3,(H,22,23,24,26);1H. The first kappa shape index (κ1) is 20.6. The third-order valence-electron chi connectivity index (χ3n) is 5.42. The fourth-order valence-electron chi connectivity index (χ4n) is 3.88. The zero-order chi connectivity index (χ0) is 18.6. The molecule has 0 saturated carbocycles. The van der Waals surface area contributed by atoms with Gasteiger partial charge in [0.1, 0.15) is 5.75 Å². The van der Waals surface area contributed by atoms with E-state index in [1.165, 1.54) is 24.0 Å². The van der Waals surface area contributed by atoms with Crippen LogP contribution in [0.2, 0.25) is 0 Å². The summed E-state index contributed by atoms with van der Waals surface area (Å²) in [5.41, 5.74) is 2.75. The number of rotatable bonds is 5. The molecule has 2 heterocycles. The van der Waals surface area contributed by atoms with E-state index in [9.17, 15) is 4.79 Å². The van der Waals surface area contributed by atoms with Crippen molar-refractivity contribution in [3.05, 3.63) is 35.2 Å². The van der Waals surface area contributed by atoms with Gasteiger partial charge in [0, 0.05) is 13.0 Å². The molecule has 1 fully saturated rings. The molecule has 152 valence electrons. The molecule has 0 radical (unpaired) electrons. The van der Waals surface area contributed by atoms with Gasteiger partial charge in [0.25, 0.3) is 5.91 Å². The summed E-state index contributed by atoms with van der Waals surface area (Å²) < 4.78 is 7.32. The fourth-order valence-corrected chi connectivity index (χ4v) is 3.88. The predicted octanol–water partition coefficient (Wildman–Crippen LogP) is 2.60. The van der Waals surface area contributed by atoms with Gasteiger partial charge in [-0.2, -0.15) is 10.1 Å². The Balaban J connectivity index is 0.00000225. The van der Waals surface area contributed by atoms with Crippen LogP contribution in [0.4, 0.5) is 5.95 Å². The van der Waals surface area contributed by atoms with E-state index in [4.69, 9.17) is 4.74 Å². The van der Waals surface area contributed by atoms with Crippen LogP contribution in [0.15, 0.2) is 18.2 Å². The van der Waals surface area contributed by atoms with Crippen LogP contribution >= 0.6 is 12.4 Å². The lowest BCUT2D eigenvalue weighted by Crippen LogP contribution is -2.27. The number of carbonyl (C=O) groups excluding carboxylic acids is 1. The fraction of sp³-hybridized carbons (Fsp3) is 0.550. The third kappa shape index (κ3) is 4.83. The number of nitrogens with zero attached hydrogens (tertiary/aromatic N) is 3. The molecule has 8 heteroatoms. The van der Waals surface area contributed by atoms with Gasteiger partial charge in [-0.1, -0.05) is 6.07 Å². The molecular weight excluding hydrogens is 378 g/mol. The first-order valence-electron chi connectivity index (χ1n) is 9.85. The molecule has 2 aliphatic rings. The number of hydrogen-bond donors (Lipinski definition) is 2. The monoisotopic (exact) mass is 405 g/mol. The van der Waals surface area contributed by atoms with Crippen molar-refractivity contribution in [2.45, 2.75) is 44.4 Å². The quantitative estimate of drug-likeness (QED) is 0.799. The number of nitrogens with one attached hydrogen (secondary N) is 2. The van der Waals surface area contributed by atoms with Crippen molar-refractivity contribution in [1.29, 1.82) is 0 Å². The van der Waals surface area contributed by atoms with Crippen molar-refractivity contribution >= 4 is 24.3 Å². The highest BCUT2D eigenvalue weighted by molar-refractivity contribution is 5.90. The molecule has 0 unspecified atom stereocenters. The molecular formula is C20H28ClN5O2. The highest BCUT2D eigenvalue weighted by Gasteiger charge is 2.21. The van der Waals surface area contributed by atoms with Crippen molar-refractivity contribution in [3.63, 3.8) is 0 Å². The van der Waals surface area contributed by atoms with Gasteiger partial charge in [0.05, 0.1) is 0 Å². The van der Waals surface area contributed by atoms with E-state index in [0.29, 0.717) is 11.9 Å². The van der Waals surface area contributed by atoms with Crippen molar-refractivity contribution in [2.24, 2.45) is 7.05 Å². The summed E-state index contributed by atoms with van der Waals surface area (Å²) in [6.07, 6.45) is 6.77. The van der Waals surface area contributed by atoms with Gasteiger partial charge in [0.2, 0.25) is 5.95 Å². The number of aryl methyl sites for hydroxylation is 3. The second kappa shape index (κ2) is 9.39. The lowest BCUT2D eigenvalue weighted by Gasteiger charge is -2.19. The average molecular weight is 406 g/mol. The molecule has 7 nitrogen and oxygen atoms in total. The zero-order valence-electron chi connectivity index (χ0n) is 16.2. The number of fused-ring (bicyclic) bond motifs is 1. The molecule has 1 amide bonds. The normalized spacial score (nSPS) is 16.8. The number of anilines is 1. The molecule has 1 aromatic carbocycles. The number of benzene rings is 1. The average Bonchev–Trinajstić information content (AvgIpc) is 3.07. The molecule has 1 aromatic heterocycles. The van der Waals surface area contributed by atoms with Gasteiger partial charge in [-0.3, -0.25) is 10.1 Å². The van der Waals surface area contributed by atoms with E-state index in [-0.39, 0.29) is 24.9 Å². The third-order valence-corrected chi connectivity index (χ3v) is 5.42. The van der Waals surface area contributed by atoms with Crippen LogP contribution in [-0.2, 0) is 24.7 Å². The van der Waals surface area contributed by atoms with Crippen molar-refractivity contribution < 1.29 is 9.53 Å². The van der Waals surface area contributed by atoms with Gasteiger partial charge in [-0.15, -0.1) is 12.4 Å². The zero-order valence-corrected chi connectivity index (χ0v) is 17.1. The van der Waals surface area contributed by atoms with Gasteiger partial charge < -0.3 is 10.1 Å². The Morgan fingerprint density at radius 2 is 2.00 bits per heavy atom. The minimum atomic E-state index is -0.222. The minimum Gasteiger partial charge on any atom is -0.484 e. The molecule has 0 bridgehead atoms. The smallest absolute Gasteiger partial charge is 0.264 e. The number of halogens is 1. The number of carbonyl (C=O) groups is 1. The summed E-state index contributed by atoms with van der Waals surface area (Å²) >= 11 is 0. The maximum atomic E-state index is 12.3. The number of hydrogen-bond acceptors (Lipinski definition) is 5. The van der Waals surface area contributed by atoms with E-state index in [1.807, 2.05) is 6.07 Å². The summed E-state index contributed by atoms with van der Waals surface area (Å²) in [6.45, 7) is 1.94. The number of amides is 1. The Kier molecular flexibility index (Phi) is 6.91. The molecule has 4 rings (SSSR count). The maximum absolute atomic E-state index is 12.3. The second-order valence-corrected chi connectivity index (χ2v) is 7.42. The van der Waals surface area contributed by atoms with Gasteiger partial charge >= 0.3 is 0 Å². The molecule has 28 heavy (non-hydrogen) atoms. The molecule has 1 saturated heterocycles. The molecule has 2 aromatic rings. The predicted molar refractivity (Wildman–Crippen MR) is 110 cm³/mol. The number of piperidine rings is 1. The maximum Gasteiger partial charge on any atom is 0.264 e. The SMILES string of the molecule is Cl.Cn1nc(C2CCNCC2)nc1NC(=O)COc1ccc2c(c1)CCCC2. The van der Waals surface area contributed by atoms with Crippen LogP contribution in [0.25, 0.3) is 0 Å². The van der Waals surface area contributed by atoms with E-state index in [1.54, 1.807) is 11.7 Å². The lowest BCUT2D eigenvalue weighted by atomic mass is 9.92. The topological polar surface area (TPSA) is 81.1 Å². The highest BCUT2D eigenvalue weighted by Crippen LogP contribution is 2.25. The number of ether oxygens (including phenoxy) is 1. The molecule has 0 atom stereocenters. The first-order chi connectivity index (χ1) is 13.2. The summed E-state index contributed by atoms with van der Waals surface area (Å²) in [4.78, 5) is 16.8. The number of aromatic nitrogens is 3. The summed E-state index contributed by atoms with van der Waals surface area (Å²) in [6, 6.07) is 6.14. The van der Waals surface area contributed by atoms with E-state index < -0.39 is 0 Å². The molecule has 2 N–H and O–H groups in total. The Bertz CT molecular complexity index is 817. The van der Waals surface area contributed by atoms with Crippen LogP contribution in [0.3, 0.4) is 0 Å². The van der Waals surface area contributed by atoms with Gasteiger partial charge in [-0.05, 0) is 74.9 Å². The highest BCUT2D eigenvalue weighted by atomic mass is 35.5. The van der Waals surface area contributed by atoms with Crippen molar-refractivity contribution in [3.8, 4) is 5.75 Å². The van der Waals surface area contributed by atoms with Crippen LogP contribution in [-0.4, -0.2) is 40.4 Å². The van der Waals surface area contributed by atoms with E-state index in [2.05, 4.69) is 32.8 Å². The van der Waals surface area contributed by atoms with Crippen molar-refractivity contribution in [2.75, 3.05) is 25.0 Å². The summed E-state index contributed by atoms with van der Waals surface area (Å²) in [7, 11) is 1.80. The Morgan fingerprint density at radius 1 is 1.25 bits per heavy atom. The second-order valence-electron chi connectivity index (χ2n) is 7.42. The minimum absolute atomic E-state index is 0. The summed E-state index contributed by atoms with van der Waals surface area (Å²) in [5, 5.41) is 10.6. The van der Waals surface area contributed by atoms with Gasteiger partial charge in [-0.25, -0.2) is 4.68 Å². The van der Waals surface area contributed by atoms with E-state index in [0.717, 1.165) is 50.3 Å². The van der Waals surface area contributed by atoms with Crippen molar-refractivity contribution in [1.82, 2.24) is 20.1 Å². The van der Waals surface area contributed by atoms with E-state index >= 15 is 0 Å². The van der Waals surface area contributed by atoms with Crippen LogP contribution in [0, 0.1) is 0 Å². The van der Waals surface area contributed by atoms with Crippen LogP contribution < -0.4 is 15.4 Å². The molecule has 0 spiro atoms. The van der Waals surface area contributed by atoms with Crippen LogP contribution in [0.5, 0.6) is 5.75 Å². The Labute approximate surface area is 171 Å². The molecule has 1 aliphatic carbocycles. The van der Waals surface area contributed by atoms with Gasteiger partial charge in [0.15, 0.2) is 12.4 Å². The Hall–Kier alpha value is -2.12. The largest absolute Gasteiger partial charge is 0.484 e. The molecule has 1 aliphatic heterocycles. The summed E-state index contributed by atoms with van der Waals surface area (Å²) in [5.74, 6) is 2.17. The first-order valence-corrected chi connectivity index (χ1v) is 9.85.